The average molecular weight is 444 g/mol. The van der Waals surface area contributed by atoms with Crippen LogP contribution in [0.3, 0.4) is 0 Å². The second-order valence-electron chi connectivity index (χ2n) is 7.75. The fourth-order valence-electron chi connectivity index (χ4n) is 1.55. The SMILES string of the molecule is CN([SiH](C)C)[Si](C)(C)C.CN([SiH](C)C)[Si](C)(C)C.[SnH2]. The Hall–Kier alpha value is 1.59. The first kappa shape index (κ1) is 25.5. The van der Waals surface area contributed by atoms with Crippen LogP contribution in [-0.4, -0.2) is 80.9 Å². The van der Waals surface area contributed by atoms with E-state index < -0.39 is 34.4 Å². The van der Waals surface area contributed by atoms with Crippen molar-refractivity contribution in [3.63, 3.8) is 0 Å². The van der Waals surface area contributed by atoms with Gasteiger partial charge in [0.1, 0.15) is 16.5 Å². The Morgan fingerprint density at radius 3 is 0.737 bits per heavy atom. The molecular weight excluding hydrogens is 403 g/mol. The summed E-state index contributed by atoms with van der Waals surface area (Å²) in [4.78, 5) is 0. The molecule has 0 unspecified atom stereocenters. The van der Waals surface area contributed by atoms with Crippen LogP contribution in [0.25, 0.3) is 0 Å². The van der Waals surface area contributed by atoms with E-state index in [9.17, 15) is 0 Å². The molecule has 0 aliphatic heterocycles. The molecule has 0 aliphatic rings. The molecule has 0 aromatic heterocycles. The summed E-state index contributed by atoms with van der Waals surface area (Å²) >= 11 is 0. The molecule has 118 valence electrons. The average Bonchev–Trinajstić information content (AvgIpc) is 2.13. The van der Waals surface area contributed by atoms with Crippen LogP contribution in [0.15, 0.2) is 0 Å². The van der Waals surface area contributed by atoms with Crippen molar-refractivity contribution >= 4 is 58.3 Å². The number of hydrogen-bond acceptors (Lipinski definition) is 2. The van der Waals surface area contributed by atoms with Crippen LogP contribution in [0.1, 0.15) is 0 Å². The standard InChI is InChI=1S/2C6H19NSi2.Sn.2H/c2*1-7(8(2)3)9(4,5)6;;;/h2*8H,1-6H3;;;. The number of nitrogens with zero attached hydrogens (tertiary/aromatic N) is 2. The van der Waals surface area contributed by atoms with Crippen molar-refractivity contribution in [3.05, 3.63) is 0 Å². The minimum atomic E-state index is -0.929. The maximum atomic E-state index is 2.63. The Morgan fingerprint density at radius 1 is 0.579 bits per heavy atom. The van der Waals surface area contributed by atoms with Gasteiger partial charge in [0.25, 0.3) is 0 Å². The molecule has 2 nitrogen and oxygen atoms in total. The Balaban J connectivity index is -0.000000256. The zero-order valence-corrected chi connectivity index (χ0v) is 24.1. The van der Waals surface area contributed by atoms with E-state index in [1.807, 2.05) is 0 Å². The van der Waals surface area contributed by atoms with Crippen LogP contribution in [0, 0.1) is 0 Å². The van der Waals surface area contributed by atoms with Crippen LogP contribution in [0.5, 0.6) is 0 Å². The van der Waals surface area contributed by atoms with Gasteiger partial charge in [-0.1, -0.05) is 65.5 Å². The number of hydrogen-bond donors (Lipinski definition) is 0. The second kappa shape index (κ2) is 10.3. The zero-order valence-electron chi connectivity index (χ0n) is 15.8. The van der Waals surface area contributed by atoms with Gasteiger partial charge in [-0.25, -0.2) is 0 Å². The summed E-state index contributed by atoms with van der Waals surface area (Å²) in [6.07, 6.45) is 0. The van der Waals surface area contributed by atoms with Gasteiger partial charge in [-0.2, -0.15) is 0 Å². The summed E-state index contributed by atoms with van der Waals surface area (Å²) in [6, 6.07) is 0. The van der Waals surface area contributed by atoms with Gasteiger partial charge in [-0.05, 0) is 14.1 Å². The van der Waals surface area contributed by atoms with Gasteiger partial charge in [0.05, 0.1) is 17.9 Å². The van der Waals surface area contributed by atoms with E-state index in [1.54, 1.807) is 0 Å². The van der Waals surface area contributed by atoms with E-state index in [0.29, 0.717) is 0 Å². The van der Waals surface area contributed by atoms with Crippen LogP contribution in [0.4, 0.5) is 0 Å². The van der Waals surface area contributed by atoms with Gasteiger partial charge in [-0.15, -0.1) is 0 Å². The number of rotatable bonds is 4. The first-order valence-electron chi connectivity index (χ1n) is 7.17. The molecule has 19 heavy (non-hydrogen) atoms. The fraction of sp³-hybridized carbons (Fsp3) is 1.00. The molecule has 0 amide bonds. The molecule has 0 aromatic carbocycles. The van der Waals surface area contributed by atoms with E-state index >= 15 is 0 Å². The monoisotopic (exact) mass is 444 g/mol. The van der Waals surface area contributed by atoms with Crippen molar-refractivity contribution in [2.24, 2.45) is 0 Å². The predicted octanol–water partition coefficient (Wildman–Crippen LogP) is 2.56. The van der Waals surface area contributed by atoms with Crippen LogP contribution < -0.4 is 0 Å². The summed E-state index contributed by atoms with van der Waals surface area (Å²) in [6.45, 7) is 24.0. The first-order chi connectivity index (χ1) is 7.71. The van der Waals surface area contributed by atoms with Crippen LogP contribution >= 0.6 is 0 Å². The van der Waals surface area contributed by atoms with Crippen molar-refractivity contribution in [2.75, 3.05) is 14.1 Å². The Bertz CT molecular complexity index is 201. The quantitative estimate of drug-likeness (QED) is 0.617. The molecule has 0 saturated carbocycles. The molecule has 0 aromatic rings. The Labute approximate surface area is 145 Å². The molecule has 0 N–H and O–H groups in total. The van der Waals surface area contributed by atoms with Crippen molar-refractivity contribution in [1.29, 1.82) is 0 Å². The van der Waals surface area contributed by atoms with E-state index in [2.05, 4.69) is 88.0 Å². The summed E-state index contributed by atoms with van der Waals surface area (Å²) in [5, 5.41) is 0. The Morgan fingerprint density at radius 2 is 0.737 bits per heavy atom. The fourth-order valence-corrected chi connectivity index (χ4v) is 13.9. The summed E-state index contributed by atoms with van der Waals surface area (Å²) in [7, 11) is 1.72. The van der Waals surface area contributed by atoms with E-state index in [4.69, 9.17) is 0 Å². The molecular formula is C12H40N2Si4Sn. The van der Waals surface area contributed by atoms with Crippen molar-refractivity contribution < 1.29 is 0 Å². The summed E-state index contributed by atoms with van der Waals surface area (Å²) < 4.78 is 5.26. The second-order valence-corrected chi connectivity index (χ2v) is 24.8. The topological polar surface area (TPSA) is 6.48 Å². The van der Waals surface area contributed by atoms with Crippen molar-refractivity contribution in [2.45, 2.75) is 65.5 Å². The molecule has 0 rings (SSSR count). The summed E-state index contributed by atoms with van der Waals surface area (Å²) in [5.74, 6) is 0. The van der Waals surface area contributed by atoms with Crippen molar-refractivity contribution in [3.8, 4) is 0 Å². The maximum absolute atomic E-state index is 2.63. The van der Waals surface area contributed by atoms with Gasteiger partial charge in [-0.3, -0.25) is 0 Å². The molecule has 0 heterocycles. The van der Waals surface area contributed by atoms with E-state index in [1.165, 1.54) is 0 Å². The Kier molecular flexibility index (Phi) is 13.9. The molecule has 2 radical (unpaired) electrons. The van der Waals surface area contributed by atoms with Crippen molar-refractivity contribution in [1.82, 2.24) is 8.46 Å². The predicted molar refractivity (Wildman–Crippen MR) is 109 cm³/mol. The van der Waals surface area contributed by atoms with Gasteiger partial charge in [0, 0.05) is 0 Å². The van der Waals surface area contributed by atoms with Gasteiger partial charge < -0.3 is 8.46 Å². The molecule has 0 saturated heterocycles. The third-order valence-electron chi connectivity index (χ3n) is 3.67. The van der Waals surface area contributed by atoms with Crippen LogP contribution in [0.2, 0.25) is 65.5 Å². The van der Waals surface area contributed by atoms with Gasteiger partial charge in [0.2, 0.25) is 0 Å². The first-order valence-corrected chi connectivity index (χ1v) is 19.7. The molecule has 0 aliphatic carbocycles. The van der Waals surface area contributed by atoms with E-state index in [-0.39, 0.29) is 23.9 Å². The molecule has 0 bridgehead atoms. The zero-order chi connectivity index (χ0) is 15.3. The normalized spacial score (nSPS) is 12.6. The van der Waals surface area contributed by atoms with Gasteiger partial charge in [0.15, 0.2) is 0 Å². The molecule has 0 spiro atoms. The molecule has 7 heteroatoms. The third-order valence-corrected chi connectivity index (χ3v) is 18.7. The third kappa shape index (κ3) is 13.0. The summed E-state index contributed by atoms with van der Waals surface area (Å²) in [5.41, 5.74) is 0. The van der Waals surface area contributed by atoms with Crippen LogP contribution in [-0.2, 0) is 0 Å². The molecule has 0 atom stereocenters. The van der Waals surface area contributed by atoms with Gasteiger partial charge >= 0.3 is 23.9 Å². The minimum absolute atomic E-state index is 0. The van der Waals surface area contributed by atoms with E-state index in [0.717, 1.165) is 0 Å². The molecule has 0 fully saturated rings.